The second kappa shape index (κ2) is 8.43. The Labute approximate surface area is 146 Å². The molecular weight excluding hydrogens is 300 g/mol. The minimum atomic E-state index is -0.683. The van der Waals surface area contributed by atoms with Gasteiger partial charge in [-0.3, -0.25) is 4.90 Å². The molecule has 1 saturated carbocycles. The van der Waals surface area contributed by atoms with Crippen LogP contribution in [-0.2, 0) is 11.2 Å². The molecule has 0 spiro atoms. The van der Waals surface area contributed by atoms with Crippen LogP contribution in [0.2, 0.25) is 0 Å². The topological polar surface area (TPSA) is 44.7 Å². The molecule has 4 heteroatoms. The molecule has 1 saturated heterocycles. The molecule has 1 heterocycles. The molecule has 3 rings (SSSR count). The van der Waals surface area contributed by atoms with Crippen LogP contribution in [-0.4, -0.2) is 61.0 Å². The SMILES string of the molecule is CC(O)(CNC1CCCC1Cc1ccccc1)CN1CCOCC1. The molecule has 1 aromatic rings. The minimum Gasteiger partial charge on any atom is -0.388 e. The van der Waals surface area contributed by atoms with Crippen molar-refractivity contribution in [3.8, 4) is 0 Å². The van der Waals surface area contributed by atoms with Gasteiger partial charge in [-0.1, -0.05) is 36.8 Å². The van der Waals surface area contributed by atoms with E-state index in [-0.39, 0.29) is 0 Å². The van der Waals surface area contributed by atoms with E-state index in [1.807, 2.05) is 6.92 Å². The van der Waals surface area contributed by atoms with Gasteiger partial charge >= 0.3 is 0 Å². The molecule has 1 aliphatic heterocycles. The summed E-state index contributed by atoms with van der Waals surface area (Å²) in [6.07, 6.45) is 4.95. The highest BCUT2D eigenvalue weighted by atomic mass is 16.5. The molecular formula is C20H32N2O2. The Morgan fingerprint density at radius 1 is 1.21 bits per heavy atom. The molecule has 1 aromatic carbocycles. The highest BCUT2D eigenvalue weighted by molar-refractivity contribution is 5.16. The summed E-state index contributed by atoms with van der Waals surface area (Å²) in [7, 11) is 0. The standard InChI is InChI=1S/C20H32N2O2/c1-20(23,16-22-10-12-24-13-11-22)15-21-19-9-5-8-18(19)14-17-6-3-2-4-7-17/h2-4,6-7,18-19,21,23H,5,8-16H2,1H3. The largest absolute Gasteiger partial charge is 0.388 e. The van der Waals surface area contributed by atoms with Crippen LogP contribution in [0.5, 0.6) is 0 Å². The van der Waals surface area contributed by atoms with E-state index < -0.39 is 5.60 Å². The maximum absolute atomic E-state index is 10.8. The lowest BCUT2D eigenvalue weighted by molar-refractivity contribution is -0.0232. The predicted molar refractivity (Wildman–Crippen MR) is 97.2 cm³/mol. The number of morpholine rings is 1. The van der Waals surface area contributed by atoms with Gasteiger partial charge in [-0.05, 0) is 37.7 Å². The van der Waals surface area contributed by atoms with Gasteiger partial charge in [-0.15, -0.1) is 0 Å². The van der Waals surface area contributed by atoms with Gasteiger partial charge in [0.25, 0.3) is 0 Å². The van der Waals surface area contributed by atoms with Gasteiger partial charge in [0.1, 0.15) is 0 Å². The Morgan fingerprint density at radius 2 is 1.96 bits per heavy atom. The minimum absolute atomic E-state index is 0.529. The third-order valence-corrected chi connectivity index (χ3v) is 5.41. The van der Waals surface area contributed by atoms with Crippen molar-refractivity contribution in [3.05, 3.63) is 35.9 Å². The Hall–Kier alpha value is -0.940. The average Bonchev–Trinajstić information content (AvgIpc) is 3.02. The van der Waals surface area contributed by atoms with Crippen molar-refractivity contribution in [2.24, 2.45) is 5.92 Å². The number of β-amino-alcohol motifs (C(OH)–C–C–N with tert-alkyl or cyclic N) is 1. The smallest absolute Gasteiger partial charge is 0.0869 e. The number of hydrogen-bond acceptors (Lipinski definition) is 4. The van der Waals surface area contributed by atoms with E-state index in [9.17, 15) is 5.11 Å². The Bertz CT molecular complexity index is 486. The van der Waals surface area contributed by atoms with Crippen LogP contribution in [0.4, 0.5) is 0 Å². The molecule has 2 fully saturated rings. The van der Waals surface area contributed by atoms with Crippen LogP contribution in [0.1, 0.15) is 31.7 Å². The van der Waals surface area contributed by atoms with Crippen LogP contribution >= 0.6 is 0 Å². The van der Waals surface area contributed by atoms with E-state index in [4.69, 9.17) is 4.74 Å². The molecule has 4 nitrogen and oxygen atoms in total. The lowest BCUT2D eigenvalue weighted by Crippen LogP contribution is -2.52. The van der Waals surface area contributed by atoms with Crippen molar-refractivity contribution in [1.29, 1.82) is 0 Å². The fourth-order valence-electron chi connectivity index (χ4n) is 4.11. The number of benzene rings is 1. The predicted octanol–water partition coefficient (Wildman–Crippen LogP) is 2.07. The first-order chi connectivity index (χ1) is 11.6. The molecule has 3 atom stereocenters. The van der Waals surface area contributed by atoms with Gasteiger partial charge in [-0.2, -0.15) is 0 Å². The van der Waals surface area contributed by atoms with Gasteiger partial charge in [0.15, 0.2) is 0 Å². The van der Waals surface area contributed by atoms with Crippen molar-refractivity contribution in [3.63, 3.8) is 0 Å². The molecule has 0 bridgehead atoms. The molecule has 134 valence electrons. The van der Waals surface area contributed by atoms with Gasteiger partial charge < -0.3 is 15.2 Å². The molecule has 2 aliphatic rings. The molecule has 1 aliphatic carbocycles. The summed E-state index contributed by atoms with van der Waals surface area (Å²) < 4.78 is 5.39. The normalized spacial score (nSPS) is 27.9. The van der Waals surface area contributed by atoms with E-state index in [0.717, 1.165) is 39.3 Å². The maximum Gasteiger partial charge on any atom is 0.0869 e. The number of hydrogen-bond donors (Lipinski definition) is 2. The molecule has 3 unspecified atom stereocenters. The summed E-state index contributed by atoms with van der Waals surface area (Å²) in [6.45, 7) is 6.76. The second-order valence-corrected chi connectivity index (χ2v) is 7.75. The van der Waals surface area contributed by atoms with Crippen LogP contribution in [0.15, 0.2) is 30.3 Å². The quantitative estimate of drug-likeness (QED) is 0.802. The van der Waals surface area contributed by atoms with Gasteiger partial charge in [0, 0.05) is 32.2 Å². The molecule has 24 heavy (non-hydrogen) atoms. The summed E-state index contributed by atoms with van der Waals surface area (Å²) in [4.78, 5) is 2.31. The van der Waals surface area contributed by atoms with Gasteiger partial charge in [-0.25, -0.2) is 0 Å². The zero-order valence-electron chi connectivity index (χ0n) is 14.9. The number of rotatable bonds is 7. The van der Waals surface area contributed by atoms with E-state index in [1.54, 1.807) is 0 Å². The van der Waals surface area contributed by atoms with E-state index >= 15 is 0 Å². The Balaban J connectivity index is 1.47. The lowest BCUT2D eigenvalue weighted by atomic mass is 9.94. The zero-order valence-corrected chi connectivity index (χ0v) is 14.9. The monoisotopic (exact) mass is 332 g/mol. The zero-order chi connectivity index (χ0) is 16.8. The fraction of sp³-hybridized carbons (Fsp3) is 0.700. The van der Waals surface area contributed by atoms with Crippen LogP contribution < -0.4 is 5.32 Å². The van der Waals surface area contributed by atoms with Crippen molar-refractivity contribution < 1.29 is 9.84 Å². The first-order valence-electron chi connectivity index (χ1n) is 9.42. The molecule has 2 N–H and O–H groups in total. The highest BCUT2D eigenvalue weighted by Crippen LogP contribution is 2.29. The average molecular weight is 332 g/mol. The summed E-state index contributed by atoms with van der Waals surface area (Å²) in [5.41, 5.74) is 0.744. The number of nitrogens with one attached hydrogen (secondary N) is 1. The van der Waals surface area contributed by atoms with Crippen molar-refractivity contribution in [1.82, 2.24) is 10.2 Å². The third-order valence-electron chi connectivity index (χ3n) is 5.41. The van der Waals surface area contributed by atoms with Gasteiger partial charge in [0.05, 0.1) is 18.8 Å². The fourth-order valence-corrected chi connectivity index (χ4v) is 4.11. The summed E-state index contributed by atoms with van der Waals surface area (Å²) >= 11 is 0. The van der Waals surface area contributed by atoms with Crippen LogP contribution in [0.25, 0.3) is 0 Å². The summed E-state index contributed by atoms with van der Waals surface area (Å²) in [5, 5.41) is 14.4. The summed E-state index contributed by atoms with van der Waals surface area (Å²) in [6, 6.07) is 11.3. The first kappa shape index (κ1) is 17.9. The maximum atomic E-state index is 10.8. The number of aliphatic hydroxyl groups is 1. The van der Waals surface area contributed by atoms with E-state index in [2.05, 4.69) is 40.5 Å². The number of ether oxygens (including phenoxy) is 1. The van der Waals surface area contributed by atoms with Gasteiger partial charge in [0.2, 0.25) is 0 Å². The van der Waals surface area contributed by atoms with E-state index in [0.29, 0.717) is 18.5 Å². The van der Waals surface area contributed by atoms with Crippen LogP contribution in [0.3, 0.4) is 0 Å². The first-order valence-corrected chi connectivity index (χ1v) is 9.42. The lowest BCUT2D eigenvalue weighted by Gasteiger charge is -2.35. The van der Waals surface area contributed by atoms with Crippen molar-refractivity contribution >= 4 is 0 Å². The number of nitrogens with zero attached hydrogens (tertiary/aromatic N) is 1. The third kappa shape index (κ3) is 5.28. The Kier molecular flexibility index (Phi) is 6.28. The Morgan fingerprint density at radius 3 is 2.71 bits per heavy atom. The van der Waals surface area contributed by atoms with Crippen molar-refractivity contribution in [2.45, 2.75) is 44.2 Å². The molecule has 0 amide bonds. The van der Waals surface area contributed by atoms with Crippen LogP contribution in [0, 0.1) is 5.92 Å². The highest BCUT2D eigenvalue weighted by Gasteiger charge is 2.31. The molecule has 0 aromatic heterocycles. The summed E-state index contributed by atoms with van der Waals surface area (Å²) in [5.74, 6) is 0.687. The van der Waals surface area contributed by atoms with E-state index in [1.165, 1.54) is 24.8 Å². The second-order valence-electron chi connectivity index (χ2n) is 7.75. The van der Waals surface area contributed by atoms with Crippen molar-refractivity contribution in [2.75, 3.05) is 39.4 Å². The molecule has 0 radical (unpaired) electrons.